The van der Waals surface area contributed by atoms with Gasteiger partial charge >= 0.3 is 0 Å². The lowest BCUT2D eigenvalue weighted by Gasteiger charge is -2.35. The summed E-state index contributed by atoms with van der Waals surface area (Å²) in [5, 5.41) is 10.9. The van der Waals surface area contributed by atoms with Crippen molar-refractivity contribution in [2.75, 3.05) is 19.8 Å². The number of nitrogens with two attached hydrogens (primary N) is 1. The van der Waals surface area contributed by atoms with E-state index in [9.17, 15) is 9.59 Å². The summed E-state index contributed by atoms with van der Waals surface area (Å²) in [7, 11) is 0. The van der Waals surface area contributed by atoms with Gasteiger partial charge in [0.05, 0.1) is 12.7 Å². The normalized spacial score (nSPS) is 20.9. The van der Waals surface area contributed by atoms with Gasteiger partial charge in [-0.05, 0) is 36.8 Å². The molecular weight excluding hydrogens is 426 g/mol. The van der Waals surface area contributed by atoms with E-state index in [4.69, 9.17) is 11.1 Å². The minimum Gasteiger partial charge on any atom is -0.386 e. The fourth-order valence-corrected chi connectivity index (χ4v) is 5.26. The van der Waals surface area contributed by atoms with Gasteiger partial charge in [-0.15, -0.1) is 0 Å². The van der Waals surface area contributed by atoms with Crippen molar-refractivity contribution in [2.45, 2.75) is 56.5 Å². The molecule has 0 saturated carbocycles. The number of carbonyl (C=O) groups is 2. The molecule has 0 aromatic heterocycles. The lowest BCUT2D eigenvalue weighted by molar-refractivity contribution is -0.139. The molecule has 2 atom stereocenters. The van der Waals surface area contributed by atoms with Crippen LogP contribution in [0.1, 0.15) is 55.6 Å². The first-order valence-corrected chi connectivity index (χ1v) is 12.3. The Bertz CT molecular complexity index is 942. The monoisotopic (exact) mass is 461 g/mol. The lowest BCUT2D eigenvalue weighted by atomic mass is 9.88. The zero-order chi connectivity index (χ0) is 23.9. The van der Waals surface area contributed by atoms with Gasteiger partial charge in [0.2, 0.25) is 11.8 Å². The zero-order valence-electron chi connectivity index (χ0n) is 19.7. The maximum atomic E-state index is 13.5. The molecule has 0 bridgehead atoms. The van der Waals surface area contributed by atoms with Crippen molar-refractivity contribution in [3.05, 3.63) is 71.8 Å². The molecule has 4 rings (SSSR count). The van der Waals surface area contributed by atoms with Crippen LogP contribution in [0.3, 0.4) is 0 Å². The van der Waals surface area contributed by atoms with E-state index in [1.165, 1.54) is 0 Å². The molecular formula is C27H35N5O2. The van der Waals surface area contributed by atoms with Crippen LogP contribution in [-0.2, 0) is 9.59 Å². The third-order valence-corrected chi connectivity index (χ3v) is 7.09. The summed E-state index contributed by atoms with van der Waals surface area (Å²) in [6, 6.07) is 19.6. The van der Waals surface area contributed by atoms with Crippen LogP contribution in [0.15, 0.2) is 60.7 Å². The number of hydrogen-bond donors (Lipinski definition) is 3. The molecule has 2 aliphatic rings. The van der Waals surface area contributed by atoms with E-state index >= 15 is 0 Å². The lowest BCUT2D eigenvalue weighted by Crippen LogP contribution is -2.54. The summed E-state index contributed by atoms with van der Waals surface area (Å²) in [4.78, 5) is 30.4. The number of carbonyl (C=O) groups excluding carboxylic acids is 2. The smallest absolute Gasteiger partial charge is 0.243 e. The number of amidine groups is 1. The van der Waals surface area contributed by atoms with Crippen molar-refractivity contribution >= 4 is 17.6 Å². The van der Waals surface area contributed by atoms with Crippen molar-refractivity contribution < 1.29 is 9.59 Å². The predicted molar refractivity (Wildman–Crippen MR) is 133 cm³/mol. The Morgan fingerprint density at radius 1 is 0.912 bits per heavy atom. The number of nitrogens with one attached hydrogen (secondary N) is 2. The maximum absolute atomic E-state index is 13.5. The van der Waals surface area contributed by atoms with Gasteiger partial charge in [-0.25, -0.2) is 0 Å². The Labute approximate surface area is 201 Å². The third-order valence-electron chi connectivity index (χ3n) is 7.09. The quantitative estimate of drug-likeness (QED) is 0.415. The van der Waals surface area contributed by atoms with Crippen molar-refractivity contribution in [1.82, 2.24) is 15.1 Å². The molecule has 7 heteroatoms. The molecule has 180 valence electrons. The molecule has 0 spiro atoms. The second-order valence-corrected chi connectivity index (χ2v) is 9.30. The minimum atomic E-state index is -0.444. The summed E-state index contributed by atoms with van der Waals surface area (Å²) < 4.78 is 0. The van der Waals surface area contributed by atoms with E-state index in [1.807, 2.05) is 36.4 Å². The summed E-state index contributed by atoms with van der Waals surface area (Å²) in [6.07, 6.45) is 4.76. The minimum absolute atomic E-state index is 0.00920. The highest BCUT2D eigenvalue weighted by Crippen LogP contribution is 2.30. The summed E-state index contributed by atoms with van der Waals surface area (Å²) in [5.41, 5.74) is 7.97. The average molecular weight is 462 g/mol. The highest BCUT2D eigenvalue weighted by molar-refractivity contribution is 5.89. The Kier molecular flexibility index (Phi) is 7.95. The van der Waals surface area contributed by atoms with Gasteiger partial charge in [-0.2, -0.15) is 0 Å². The number of nitrogens with zero attached hydrogens (tertiary/aromatic N) is 2. The van der Waals surface area contributed by atoms with E-state index in [2.05, 4.69) is 34.5 Å². The second-order valence-electron chi connectivity index (χ2n) is 9.30. The molecule has 2 fully saturated rings. The molecule has 0 aliphatic carbocycles. The van der Waals surface area contributed by atoms with Crippen LogP contribution in [0.2, 0.25) is 0 Å². The van der Waals surface area contributed by atoms with Crippen LogP contribution in [-0.4, -0.2) is 59.3 Å². The molecule has 7 nitrogen and oxygen atoms in total. The molecule has 0 radical (unpaired) electrons. The van der Waals surface area contributed by atoms with E-state index < -0.39 is 6.04 Å². The zero-order valence-corrected chi connectivity index (χ0v) is 19.7. The summed E-state index contributed by atoms with van der Waals surface area (Å²) in [5.74, 6) is -0.00647. The first kappa shape index (κ1) is 24.0. The van der Waals surface area contributed by atoms with Crippen LogP contribution >= 0.6 is 0 Å². The number of benzene rings is 2. The molecule has 34 heavy (non-hydrogen) atoms. The SMILES string of the molecule is N=C(N)C1CCCCN1CNC(=O)[C@@H]1CCCN1C(=O)CC(c1ccccc1)c1ccccc1. The number of amides is 2. The van der Waals surface area contributed by atoms with Crippen LogP contribution in [0.4, 0.5) is 0 Å². The highest BCUT2D eigenvalue weighted by Gasteiger charge is 2.35. The van der Waals surface area contributed by atoms with Gasteiger partial charge in [0, 0.05) is 25.4 Å². The van der Waals surface area contributed by atoms with Gasteiger partial charge in [0.1, 0.15) is 11.9 Å². The first-order chi connectivity index (χ1) is 16.5. The summed E-state index contributed by atoms with van der Waals surface area (Å²) in [6.45, 7) is 1.78. The van der Waals surface area contributed by atoms with Crippen molar-refractivity contribution in [3.8, 4) is 0 Å². The first-order valence-electron chi connectivity index (χ1n) is 12.3. The third kappa shape index (κ3) is 5.65. The van der Waals surface area contributed by atoms with Crippen LogP contribution in [0.5, 0.6) is 0 Å². The van der Waals surface area contributed by atoms with Crippen LogP contribution in [0, 0.1) is 5.41 Å². The van der Waals surface area contributed by atoms with Crippen LogP contribution in [0.25, 0.3) is 0 Å². The average Bonchev–Trinajstić information content (AvgIpc) is 3.37. The fraction of sp³-hybridized carbons (Fsp3) is 0.444. The second kappa shape index (κ2) is 11.3. The van der Waals surface area contributed by atoms with Crippen molar-refractivity contribution in [1.29, 1.82) is 5.41 Å². The molecule has 2 amide bonds. The van der Waals surface area contributed by atoms with Crippen molar-refractivity contribution in [2.24, 2.45) is 5.73 Å². The van der Waals surface area contributed by atoms with Gasteiger partial charge in [0.25, 0.3) is 0 Å². The van der Waals surface area contributed by atoms with E-state index in [-0.39, 0.29) is 29.6 Å². The number of hydrogen-bond acceptors (Lipinski definition) is 4. The standard InChI is InChI=1S/C27H35N5O2/c28-26(29)23-14-7-8-16-31(23)19-30-27(34)24-15-9-17-32(24)25(33)18-22(20-10-3-1-4-11-20)21-12-5-2-6-13-21/h1-6,10-13,22-24H,7-9,14-19H2,(H3,28,29)(H,30,34)/t23?,24-/m0/s1. The molecule has 2 aliphatic heterocycles. The molecule has 2 heterocycles. The largest absolute Gasteiger partial charge is 0.386 e. The molecule has 4 N–H and O–H groups in total. The number of rotatable bonds is 8. The molecule has 2 saturated heterocycles. The predicted octanol–water partition coefficient (Wildman–Crippen LogP) is 3.06. The Hall–Kier alpha value is -3.19. The summed E-state index contributed by atoms with van der Waals surface area (Å²) >= 11 is 0. The Morgan fingerprint density at radius 3 is 2.15 bits per heavy atom. The van der Waals surface area contributed by atoms with Gasteiger partial charge in [0.15, 0.2) is 0 Å². The molecule has 2 aromatic rings. The maximum Gasteiger partial charge on any atom is 0.243 e. The van der Waals surface area contributed by atoms with Crippen LogP contribution < -0.4 is 11.1 Å². The van der Waals surface area contributed by atoms with E-state index in [0.29, 0.717) is 26.1 Å². The van der Waals surface area contributed by atoms with Gasteiger partial charge < -0.3 is 16.0 Å². The molecule has 2 aromatic carbocycles. The van der Waals surface area contributed by atoms with E-state index in [0.717, 1.165) is 43.4 Å². The topological polar surface area (TPSA) is 103 Å². The highest BCUT2D eigenvalue weighted by atomic mass is 16.2. The number of piperidine rings is 1. The number of likely N-dealkylation sites (tertiary alicyclic amines) is 2. The van der Waals surface area contributed by atoms with Crippen molar-refractivity contribution in [3.63, 3.8) is 0 Å². The van der Waals surface area contributed by atoms with E-state index in [1.54, 1.807) is 4.90 Å². The molecule has 1 unspecified atom stereocenters. The van der Waals surface area contributed by atoms with Gasteiger partial charge in [-0.1, -0.05) is 67.1 Å². The Morgan fingerprint density at radius 2 is 1.53 bits per heavy atom. The van der Waals surface area contributed by atoms with Gasteiger partial charge in [-0.3, -0.25) is 19.9 Å². The Balaban J connectivity index is 1.42. The fourth-order valence-electron chi connectivity index (χ4n) is 5.26.